The van der Waals surface area contributed by atoms with Crippen LogP contribution in [0.1, 0.15) is 37.8 Å². The number of halogens is 1. The molecular weight excluding hydrogens is 498 g/mol. The van der Waals surface area contributed by atoms with Gasteiger partial charge in [0.05, 0.1) is 12.6 Å². The SMILES string of the molecule is CN(C(=O)[C@@H]1CCCN1C(=O)[C@H]1NC(c2ccccc2)(c2ccccc2)OCC1(C)C)c1ccc(Cl)cc1. The molecule has 7 heteroatoms. The molecule has 6 nitrogen and oxygen atoms in total. The van der Waals surface area contributed by atoms with Crippen molar-refractivity contribution in [3.8, 4) is 0 Å². The van der Waals surface area contributed by atoms with Gasteiger partial charge in [-0.2, -0.15) is 0 Å². The van der Waals surface area contributed by atoms with Gasteiger partial charge in [0, 0.05) is 40.8 Å². The second-order valence-electron chi connectivity index (χ2n) is 10.8. The molecule has 2 saturated heterocycles. The highest BCUT2D eigenvalue weighted by atomic mass is 35.5. The van der Waals surface area contributed by atoms with Gasteiger partial charge in [-0.1, -0.05) is 86.1 Å². The van der Waals surface area contributed by atoms with Crippen LogP contribution in [0.2, 0.25) is 5.02 Å². The van der Waals surface area contributed by atoms with Crippen molar-refractivity contribution in [2.75, 3.05) is 25.1 Å². The number of anilines is 1. The molecule has 1 N–H and O–H groups in total. The molecule has 2 fully saturated rings. The van der Waals surface area contributed by atoms with Crippen LogP contribution in [0.3, 0.4) is 0 Å². The summed E-state index contributed by atoms with van der Waals surface area (Å²) in [5, 5.41) is 4.25. The summed E-state index contributed by atoms with van der Waals surface area (Å²) in [5.41, 5.74) is 1.11. The number of carbonyl (C=O) groups is 2. The molecule has 2 heterocycles. The molecule has 0 unspecified atom stereocenters. The minimum absolute atomic E-state index is 0.0742. The number of nitrogens with zero attached hydrogens (tertiary/aromatic N) is 2. The standard InChI is InChI=1S/C31H34ClN3O3/c1-30(2)21-38-31(22-11-6-4-7-12-22,23-13-8-5-9-14-23)33-27(30)29(37)35-20-10-15-26(35)28(36)34(3)25-18-16-24(32)17-19-25/h4-9,11-14,16-19,26-27,33H,10,15,20-21H2,1-3H3/t26-,27+/m0/s1. The summed E-state index contributed by atoms with van der Waals surface area (Å²) in [5.74, 6) is -0.171. The summed E-state index contributed by atoms with van der Waals surface area (Å²) < 4.78 is 6.61. The van der Waals surface area contributed by atoms with Crippen LogP contribution in [-0.2, 0) is 20.1 Å². The number of ether oxygens (including phenoxy) is 1. The van der Waals surface area contributed by atoms with E-state index in [1.807, 2.05) is 86.6 Å². The highest BCUT2D eigenvalue weighted by Crippen LogP contribution is 2.41. The van der Waals surface area contributed by atoms with Gasteiger partial charge in [-0.15, -0.1) is 0 Å². The Kier molecular flexibility index (Phi) is 7.32. The molecular formula is C31H34ClN3O3. The molecule has 0 bridgehead atoms. The molecule has 2 amide bonds. The smallest absolute Gasteiger partial charge is 0.249 e. The highest BCUT2D eigenvalue weighted by Gasteiger charge is 2.52. The Labute approximate surface area is 229 Å². The molecule has 2 atom stereocenters. The second-order valence-corrected chi connectivity index (χ2v) is 11.3. The number of hydrogen-bond donors (Lipinski definition) is 1. The van der Waals surface area contributed by atoms with Gasteiger partial charge in [0.15, 0.2) is 5.72 Å². The largest absolute Gasteiger partial charge is 0.351 e. The Morgan fingerprint density at radius 3 is 2.11 bits per heavy atom. The van der Waals surface area contributed by atoms with Crippen molar-refractivity contribution >= 4 is 29.1 Å². The van der Waals surface area contributed by atoms with E-state index in [0.29, 0.717) is 24.6 Å². The lowest BCUT2D eigenvalue weighted by molar-refractivity contribution is -0.166. The van der Waals surface area contributed by atoms with Crippen molar-refractivity contribution in [1.82, 2.24) is 10.2 Å². The van der Waals surface area contributed by atoms with E-state index >= 15 is 0 Å². The molecule has 0 aromatic heterocycles. The molecule has 3 aromatic rings. The van der Waals surface area contributed by atoms with Crippen LogP contribution in [0.25, 0.3) is 0 Å². The molecule has 0 aliphatic carbocycles. The number of hydrogen-bond acceptors (Lipinski definition) is 4. The van der Waals surface area contributed by atoms with E-state index < -0.39 is 23.2 Å². The zero-order valence-corrected chi connectivity index (χ0v) is 22.8. The van der Waals surface area contributed by atoms with E-state index in [2.05, 4.69) is 5.32 Å². The third kappa shape index (κ3) is 4.84. The number of nitrogens with one attached hydrogen (secondary N) is 1. The zero-order valence-electron chi connectivity index (χ0n) is 22.1. The fourth-order valence-corrected chi connectivity index (χ4v) is 5.65. The lowest BCUT2D eigenvalue weighted by atomic mass is 9.79. The number of benzene rings is 3. The van der Waals surface area contributed by atoms with Gasteiger partial charge in [-0.3, -0.25) is 14.9 Å². The van der Waals surface area contributed by atoms with Crippen molar-refractivity contribution in [2.24, 2.45) is 5.41 Å². The summed E-state index contributed by atoms with van der Waals surface area (Å²) >= 11 is 6.04. The van der Waals surface area contributed by atoms with Crippen molar-refractivity contribution in [3.05, 3.63) is 101 Å². The molecule has 38 heavy (non-hydrogen) atoms. The Morgan fingerprint density at radius 2 is 1.53 bits per heavy atom. The van der Waals surface area contributed by atoms with Crippen molar-refractivity contribution in [1.29, 1.82) is 0 Å². The van der Waals surface area contributed by atoms with E-state index in [1.165, 1.54) is 0 Å². The van der Waals surface area contributed by atoms with Crippen LogP contribution in [0.4, 0.5) is 5.69 Å². The molecule has 3 aromatic carbocycles. The average molecular weight is 532 g/mol. The molecule has 2 aliphatic rings. The molecule has 198 valence electrons. The van der Waals surface area contributed by atoms with Crippen LogP contribution in [-0.4, -0.2) is 49.0 Å². The van der Waals surface area contributed by atoms with Crippen LogP contribution < -0.4 is 10.2 Å². The normalized spacial score (nSPS) is 22.2. The molecule has 0 radical (unpaired) electrons. The number of amides is 2. The fraction of sp³-hybridized carbons (Fsp3) is 0.355. The lowest BCUT2D eigenvalue weighted by Crippen LogP contribution is -2.67. The van der Waals surface area contributed by atoms with Gasteiger partial charge in [0.2, 0.25) is 11.8 Å². The third-order valence-electron chi connectivity index (χ3n) is 7.76. The Bertz CT molecular complexity index is 1240. The third-order valence-corrected chi connectivity index (χ3v) is 8.01. The first-order chi connectivity index (χ1) is 18.2. The quantitative estimate of drug-likeness (QED) is 0.491. The van der Waals surface area contributed by atoms with E-state index in [-0.39, 0.29) is 11.8 Å². The first kappa shape index (κ1) is 26.4. The van der Waals surface area contributed by atoms with Crippen molar-refractivity contribution in [2.45, 2.75) is 44.5 Å². The van der Waals surface area contributed by atoms with Crippen molar-refractivity contribution < 1.29 is 14.3 Å². The van der Waals surface area contributed by atoms with Crippen LogP contribution in [0.5, 0.6) is 0 Å². The summed E-state index contributed by atoms with van der Waals surface area (Å²) in [4.78, 5) is 31.3. The first-order valence-electron chi connectivity index (χ1n) is 13.1. The predicted octanol–water partition coefficient (Wildman–Crippen LogP) is 5.21. The number of likely N-dealkylation sites (N-methyl/N-ethyl adjacent to an activating group) is 1. The van der Waals surface area contributed by atoms with Crippen LogP contribution in [0.15, 0.2) is 84.9 Å². The maximum atomic E-state index is 14.3. The first-order valence-corrected chi connectivity index (χ1v) is 13.5. The molecule has 0 saturated carbocycles. The Hall–Kier alpha value is -3.19. The lowest BCUT2D eigenvalue weighted by Gasteiger charge is -2.50. The van der Waals surface area contributed by atoms with E-state index in [4.69, 9.17) is 16.3 Å². The minimum Gasteiger partial charge on any atom is -0.351 e. The number of likely N-dealkylation sites (tertiary alicyclic amines) is 1. The van der Waals surface area contributed by atoms with Gasteiger partial charge >= 0.3 is 0 Å². The van der Waals surface area contributed by atoms with E-state index in [9.17, 15) is 9.59 Å². The van der Waals surface area contributed by atoms with E-state index in [0.717, 1.165) is 23.2 Å². The van der Waals surface area contributed by atoms with Crippen molar-refractivity contribution in [3.63, 3.8) is 0 Å². The second kappa shape index (κ2) is 10.5. The van der Waals surface area contributed by atoms with Crippen LogP contribution >= 0.6 is 11.6 Å². The van der Waals surface area contributed by atoms with Gasteiger partial charge in [-0.05, 0) is 37.1 Å². The topological polar surface area (TPSA) is 61.9 Å². The Morgan fingerprint density at radius 1 is 0.947 bits per heavy atom. The highest BCUT2D eigenvalue weighted by molar-refractivity contribution is 6.30. The summed E-state index contributed by atoms with van der Waals surface area (Å²) in [6, 6.07) is 26.0. The van der Waals surface area contributed by atoms with Gasteiger partial charge < -0.3 is 14.5 Å². The molecule has 0 spiro atoms. The molecule has 5 rings (SSSR count). The summed E-state index contributed by atoms with van der Waals surface area (Å²) in [7, 11) is 1.75. The summed E-state index contributed by atoms with van der Waals surface area (Å²) in [6.07, 6.45) is 1.41. The summed E-state index contributed by atoms with van der Waals surface area (Å²) in [6.45, 7) is 4.99. The number of carbonyl (C=O) groups excluding carboxylic acids is 2. The fourth-order valence-electron chi connectivity index (χ4n) is 5.53. The average Bonchev–Trinajstić information content (AvgIpc) is 3.43. The number of rotatable bonds is 5. The minimum atomic E-state index is -0.988. The van der Waals surface area contributed by atoms with Gasteiger partial charge in [0.1, 0.15) is 6.04 Å². The zero-order chi connectivity index (χ0) is 26.9. The van der Waals surface area contributed by atoms with Crippen LogP contribution in [0, 0.1) is 5.41 Å². The van der Waals surface area contributed by atoms with Gasteiger partial charge in [0.25, 0.3) is 0 Å². The van der Waals surface area contributed by atoms with Gasteiger partial charge in [-0.25, -0.2) is 0 Å². The van der Waals surface area contributed by atoms with E-state index in [1.54, 1.807) is 29.0 Å². The maximum absolute atomic E-state index is 14.3. The predicted molar refractivity (Wildman–Crippen MR) is 150 cm³/mol. The molecule has 2 aliphatic heterocycles. The monoisotopic (exact) mass is 531 g/mol. The Balaban J connectivity index is 1.46. The maximum Gasteiger partial charge on any atom is 0.249 e.